The number of piperidine rings is 1. The zero-order valence-electron chi connectivity index (χ0n) is 22.1. The summed E-state index contributed by atoms with van der Waals surface area (Å²) >= 11 is 12.6. The zero-order valence-corrected chi connectivity index (χ0v) is 23.6. The van der Waals surface area contributed by atoms with Crippen LogP contribution in [0.15, 0.2) is 48.5 Å². The van der Waals surface area contributed by atoms with E-state index in [1.54, 1.807) is 30.0 Å². The minimum Gasteiger partial charge on any atom is -0.481 e. The predicted molar refractivity (Wildman–Crippen MR) is 146 cm³/mol. The fourth-order valence-corrected chi connectivity index (χ4v) is 6.20. The number of carboxylic acids is 1. The molecule has 2 saturated heterocycles. The Morgan fingerprint density at radius 2 is 1.76 bits per heavy atom. The van der Waals surface area contributed by atoms with E-state index in [-0.39, 0.29) is 36.4 Å². The Labute approximate surface area is 233 Å². The van der Waals surface area contributed by atoms with Crippen LogP contribution in [0.4, 0.5) is 4.79 Å². The largest absolute Gasteiger partial charge is 0.481 e. The average Bonchev–Trinajstić information content (AvgIpc) is 3.10. The third kappa shape index (κ3) is 5.94. The molecule has 2 aromatic rings. The van der Waals surface area contributed by atoms with Gasteiger partial charge < -0.3 is 19.6 Å². The molecule has 0 saturated carbocycles. The molecule has 7 nitrogen and oxygen atoms in total. The number of carbonyl (C=O) groups excluding carboxylic acids is 2. The Bertz CT molecular complexity index is 1220. The highest BCUT2D eigenvalue weighted by atomic mass is 35.5. The first-order chi connectivity index (χ1) is 17.8. The SMILES string of the molecule is C[C@@H](CCN1CC(C)(C)OC1=O)N1C(=O)[C@@](C)(CC(=O)O)C[C@H](c2cccc(Cl)c2)[C@H]1c1ccc(Cl)cc1. The van der Waals surface area contributed by atoms with Crippen LogP contribution in [0.5, 0.6) is 0 Å². The smallest absolute Gasteiger partial charge is 0.410 e. The number of nitrogens with zero attached hydrogens (tertiary/aromatic N) is 2. The van der Waals surface area contributed by atoms with Crippen LogP contribution in [0.2, 0.25) is 10.0 Å². The van der Waals surface area contributed by atoms with Gasteiger partial charge >= 0.3 is 12.1 Å². The first kappa shape index (κ1) is 28.2. The van der Waals surface area contributed by atoms with Crippen molar-refractivity contribution in [1.82, 2.24) is 9.80 Å². The van der Waals surface area contributed by atoms with E-state index in [1.807, 2.05) is 56.0 Å². The molecule has 2 aliphatic rings. The minimum atomic E-state index is -1.12. The molecule has 9 heteroatoms. The second kappa shape index (κ2) is 10.8. The van der Waals surface area contributed by atoms with Crippen LogP contribution in [-0.2, 0) is 14.3 Å². The molecule has 1 N–H and O–H groups in total. The van der Waals surface area contributed by atoms with Gasteiger partial charge in [-0.25, -0.2) is 4.79 Å². The Balaban J connectivity index is 1.76. The van der Waals surface area contributed by atoms with Gasteiger partial charge in [-0.05, 0) is 69.0 Å². The second-order valence-electron chi connectivity index (χ2n) is 11.4. The highest BCUT2D eigenvalue weighted by Crippen LogP contribution is 2.52. The number of amides is 2. The lowest BCUT2D eigenvalue weighted by atomic mass is 9.67. The zero-order chi connectivity index (χ0) is 27.8. The molecular formula is C29H34Cl2N2O5. The summed E-state index contributed by atoms with van der Waals surface area (Å²) in [6.07, 6.45) is 0.203. The number of cyclic esters (lactones) is 1. The molecule has 38 heavy (non-hydrogen) atoms. The molecule has 0 radical (unpaired) electrons. The van der Waals surface area contributed by atoms with Gasteiger partial charge in [0.2, 0.25) is 5.91 Å². The average molecular weight is 562 g/mol. The Kier molecular flexibility index (Phi) is 8.01. The van der Waals surface area contributed by atoms with Crippen molar-refractivity contribution in [2.45, 2.75) is 70.6 Å². The van der Waals surface area contributed by atoms with Gasteiger partial charge in [0.1, 0.15) is 5.60 Å². The van der Waals surface area contributed by atoms with Crippen LogP contribution in [0.25, 0.3) is 0 Å². The second-order valence-corrected chi connectivity index (χ2v) is 12.3. The fraction of sp³-hybridized carbons (Fsp3) is 0.483. The molecule has 0 unspecified atom stereocenters. The first-order valence-electron chi connectivity index (χ1n) is 12.8. The summed E-state index contributed by atoms with van der Waals surface area (Å²) < 4.78 is 5.44. The number of likely N-dealkylation sites (tertiary alicyclic amines) is 1. The number of carboxylic acid groups (broad SMARTS) is 1. The summed E-state index contributed by atoms with van der Waals surface area (Å²) in [5.41, 5.74) is 0.150. The molecule has 0 aromatic heterocycles. The molecule has 204 valence electrons. The fourth-order valence-electron chi connectivity index (χ4n) is 5.87. The molecule has 2 aliphatic heterocycles. The van der Waals surface area contributed by atoms with Gasteiger partial charge in [-0.3, -0.25) is 9.59 Å². The summed E-state index contributed by atoms with van der Waals surface area (Å²) in [5, 5.41) is 10.9. The number of benzene rings is 2. The van der Waals surface area contributed by atoms with E-state index < -0.39 is 17.0 Å². The molecule has 2 amide bonds. The van der Waals surface area contributed by atoms with Crippen molar-refractivity contribution in [3.05, 3.63) is 69.7 Å². The van der Waals surface area contributed by atoms with Crippen molar-refractivity contribution in [2.24, 2.45) is 5.41 Å². The maximum absolute atomic E-state index is 14.2. The highest BCUT2D eigenvalue weighted by molar-refractivity contribution is 6.30. The third-order valence-electron chi connectivity index (χ3n) is 7.62. The van der Waals surface area contributed by atoms with Gasteiger partial charge in [0.05, 0.1) is 24.4 Å². The van der Waals surface area contributed by atoms with Crippen LogP contribution in [0.3, 0.4) is 0 Å². The number of carbonyl (C=O) groups is 3. The van der Waals surface area contributed by atoms with E-state index in [1.165, 1.54) is 0 Å². The van der Waals surface area contributed by atoms with Crippen LogP contribution in [0, 0.1) is 5.41 Å². The third-order valence-corrected chi connectivity index (χ3v) is 8.10. The van der Waals surface area contributed by atoms with Crippen molar-refractivity contribution in [1.29, 1.82) is 0 Å². The van der Waals surface area contributed by atoms with Crippen molar-refractivity contribution >= 4 is 41.2 Å². The van der Waals surface area contributed by atoms with Gasteiger partial charge in [-0.2, -0.15) is 0 Å². The van der Waals surface area contributed by atoms with Gasteiger partial charge in [-0.1, -0.05) is 54.4 Å². The summed E-state index contributed by atoms with van der Waals surface area (Å²) in [6.45, 7) is 8.30. The van der Waals surface area contributed by atoms with E-state index in [0.717, 1.165) is 11.1 Å². The predicted octanol–water partition coefficient (Wildman–Crippen LogP) is 6.54. The number of rotatable bonds is 8. The van der Waals surface area contributed by atoms with E-state index in [2.05, 4.69) is 0 Å². The number of aliphatic carboxylic acids is 1. The lowest BCUT2D eigenvalue weighted by molar-refractivity contribution is -0.160. The highest BCUT2D eigenvalue weighted by Gasteiger charge is 2.52. The number of halogens is 2. The molecule has 0 spiro atoms. The molecular weight excluding hydrogens is 527 g/mol. The van der Waals surface area contributed by atoms with Crippen LogP contribution >= 0.6 is 23.2 Å². The van der Waals surface area contributed by atoms with E-state index in [4.69, 9.17) is 27.9 Å². The van der Waals surface area contributed by atoms with Crippen molar-refractivity contribution in [3.63, 3.8) is 0 Å². The van der Waals surface area contributed by atoms with Crippen LogP contribution in [-0.4, -0.2) is 57.6 Å². The van der Waals surface area contributed by atoms with Crippen LogP contribution < -0.4 is 0 Å². The topological polar surface area (TPSA) is 87.2 Å². The molecule has 2 heterocycles. The van der Waals surface area contributed by atoms with Crippen molar-refractivity contribution < 1.29 is 24.2 Å². The number of hydrogen-bond donors (Lipinski definition) is 1. The van der Waals surface area contributed by atoms with E-state index >= 15 is 0 Å². The lowest BCUT2D eigenvalue weighted by Gasteiger charge is -2.51. The quantitative estimate of drug-likeness (QED) is 0.396. The minimum absolute atomic E-state index is 0.213. The maximum atomic E-state index is 14.2. The standard InChI is InChI=1S/C29H34Cl2N2O5/c1-18(12-13-32-17-28(2,3)38-27(32)37)33-25(19-8-10-21(30)11-9-19)23(20-6-5-7-22(31)14-20)15-29(4,26(33)36)16-24(34)35/h5-11,14,18,23,25H,12-13,15-17H2,1-4H3,(H,34,35)/t18-,23+,25+,29+/m0/s1. The normalized spacial score (nSPS) is 25.8. The summed E-state index contributed by atoms with van der Waals surface area (Å²) in [7, 11) is 0. The summed E-state index contributed by atoms with van der Waals surface area (Å²) in [4.78, 5) is 42.0. The molecule has 2 fully saturated rings. The Morgan fingerprint density at radius 1 is 1.08 bits per heavy atom. The Hall–Kier alpha value is -2.77. The molecule has 0 aliphatic carbocycles. The molecule has 2 aromatic carbocycles. The summed E-state index contributed by atoms with van der Waals surface area (Å²) in [5.74, 6) is -1.45. The molecule has 4 atom stereocenters. The van der Waals surface area contributed by atoms with E-state index in [0.29, 0.717) is 36.0 Å². The van der Waals surface area contributed by atoms with Crippen molar-refractivity contribution in [2.75, 3.05) is 13.1 Å². The summed E-state index contributed by atoms with van der Waals surface area (Å²) in [6, 6.07) is 14.3. The maximum Gasteiger partial charge on any atom is 0.410 e. The van der Waals surface area contributed by atoms with E-state index in [9.17, 15) is 19.5 Å². The lowest BCUT2D eigenvalue weighted by Crippen LogP contribution is -2.56. The number of hydrogen-bond acceptors (Lipinski definition) is 4. The van der Waals surface area contributed by atoms with Gasteiger partial charge in [0.25, 0.3) is 0 Å². The van der Waals surface area contributed by atoms with Gasteiger partial charge in [0, 0.05) is 28.5 Å². The van der Waals surface area contributed by atoms with Crippen LogP contribution in [0.1, 0.15) is 70.0 Å². The van der Waals surface area contributed by atoms with Gasteiger partial charge in [-0.15, -0.1) is 0 Å². The van der Waals surface area contributed by atoms with Crippen molar-refractivity contribution in [3.8, 4) is 0 Å². The molecule has 0 bridgehead atoms. The first-order valence-corrected chi connectivity index (χ1v) is 13.6. The molecule has 4 rings (SSSR count). The number of ether oxygens (including phenoxy) is 1. The monoisotopic (exact) mass is 560 g/mol. The Morgan fingerprint density at radius 3 is 2.34 bits per heavy atom. The van der Waals surface area contributed by atoms with Gasteiger partial charge in [0.15, 0.2) is 0 Å².